The van der Waals surface area contributed by atoms with Crippen LogP contribution >= 0.6 is 0 Å². The summed E-state index contributed by atoms with van der Waals surface area (Å²) in [7, 11) is 0. The summed E-state index contributed by atoms with van der Waals surface area (Å²) in [4.78, 5) is 11.9. The van der Waals surface area contributed by atoms with Crippen molar-refractivity contribution in [2.75, 3.05) is 5.73 Å². The van der Waals surface area contributed by atoms with Crippen molar-refractivity contribution < 1.29 is 4.79 Å². The normalized spacial score (nSPS) is 12.1. The van der Waals surface area contributed by atoms with Gasteiger partial charge in [-0.25, -0.2) is 0 Å². The van der Waals surface area contributed by atoms with Crippen LogP contribution in [0.15, 0.2) is 36.5 Å². The molecular formula is C14H18N4O. The lowest BCUT2D eigenvalue weighted by atomic mass is 10.0. The minimum absolute atomic E-state index is 0.0263. The highest BCUT2D eigenvalue weighted by Gasteiger charge is 2.11. The summed E-state index contributed by atoms with van der Waals surface area (Å²) in [5.74, 6) is 0.332. The Morgan fingerprint density at radius 3 is 2.79 bits per heavy atom. The first-order chi connectivity index (χ1) is 9.06. The van der Waals surface area contributed by atoms with Gasteiger partial charge in [-0.15, -0.1) is 0 Å². The van der Waals surface area contributed by atoms with Gasteiger partial charge in [0.25, 0.3) is 0 Å². The van der Waals surface area contributed by atoms with Crippen LogP contribution in [0.1, 0.15) is 24.1 Å². The van der Waals surface area contributed by atoms with E-state index in [1.807, 2.05) is 38.1 Å². The van der Waals surface area contributed by atoms with E-state index in [0.717, 1.165) is 5.56 Å². The molecule has 3 N–H and O–H groups in total. The van der Waals surface area contributed by atoms with Crippen LogP contribution in [0.25, 0.3) is 0 Å². The number of nitrogen functional groups attached to an aromatic ring is 1. The first-order valence-corrected chi connectivity index (χ1v) is 6.20. The number of hydrogen-bond donors (Lipinski definition) is 2. The van der Waals surface area contributed by atoms with Gasteiger partial charge >= 0.3 is 0 Å². The van der Waals surface area contributed by atoms with E-state index in [1.165, 1.54) is 10.2 Å². The number of carbonyl (C=O) groups excluding carboxylic acids is 1. The lowest BCUT2D eigenvalue weighted by molar-refractivity contribution is -0.122. The smallest absolute Gasteiger partial charge is 0.242 e. The van der Waals surface area contributed by atoms with Gasteiger partial charge in [0, 0.05) is 6.20 Å². The zero-order valence-electron chi connectivity index (χ0n) is 11.1. The van der Waals surface area contributed by atoms with Crippen molar-refractivity contribution in [2.24, 2.45) is 0 Å². The molecule has 1 amide bonds. The maximum atomic E-state index is 11.9. The molecular weight excluding hydrogens is 240 g/mol. The third-order valence-corrected chi connectivity index (χ3v) is 3.00. The number of rotatable bonds is 4. The molecule has 0 fully saturated rings. The highest BCUT2D eigenvalue weighted by molar-refractivity contribution is 5.76. The Morgan fingerprint density at radius 2 is 2.16 bits per heavy atom. The maximum absolute atomic E-state index is 11.9. The fourth-order valence-corrected chi connectivity index (χ4v) is 2.05. The van der Waals surface area contributed by atoms with E-state index < -0.39 is 0 Å². The molecule has 2 rings (SSSR count). The summed E-state index contributed by atoms with van der Waals surface area (Å²) in [6, 6.07) is 9.65. The third kappa shape index (κ3) is 3.34. The van der Waals surface area contributed by atoms with E-state index >= 15 is 0 Å². The van der Waals surface area contributed by atoms with Gasteiger partial charge in [0.1, 0.15) is 12.4 Å². The Balaban J connectivity index is 1.97. The number of aryl methyl sites for hydroxylation is 1. The first-order valence-electron chi connectivity index (χ1n) is 6.20. The molecule has 1 heterocycles. The first kappa shape index (κ1) is 13.1. The summed E-state index contributed by atoms with van der Waals surface area (Å²) < 4.78 is 1.52. The Hall–Kier alpha value is -2.30. The fourth-order valence-electron chi connectivity index (χ4n) is 2.05. The van der Waals surface area contributed by atoms with Crippen molar-refractivity contribution in [3.8, 4) is 0 Å². The Morgan fingerprint density at radius 1 is 1.42 bits per heavy atom. The molecule has 0 radical (unpaired) electrons. The Bertz CT molecular complexity index is 576. The molecule has 1 unspecified atom stereocenters. The quantitative estimate of drug-likeness (QED) is 0.875. The average molecular weight is 258 g/mol. The molecule has 0 spiro atoms. The lowest BCUT2D eigenvalue weighted by Crippen LogP contribution is -2.30. The number of carbonyl (C=O) groups is 1. The number of hydrogen-bond acceptors (Lipinski definition) is 3. The van der Waals surface area contributed by atoms with Crippen LogP contribution in [0.4, 0.5) is 5.82 Å². The third-order valence-electron chi connectivity index (χ3n) is 3.00. The summed E-state index contributed by atoms with van der Waals surface area (Å²) in [6.07, 6.45) is 1.69. The van der Waals surface area contributed by atoms with Crippen LogP contribution in [-0.2, 0) is 11.3 Å². The second kappa shape index (κ2) is 5.56. The second-order valence-electron chi connectivity index (χ2n) is 4.58. The van der Waals surface area contributed by atoms with Crippen molar-refractivity contribution in [2.45, 2.75) is 26.4 Å². The summed E-state index contributed by atoms with van der Waals surface area (Å²) in [6.45, 7) is 4.18. The molecule has 0 aliphatic carbocycles. The Kier molecular flexibility index (Phi) is 3.85. The van der Waals surface area contributed by atoms with Crippen molar-refractivity contribution in [1.82, 2.24) is 15.1 Å². The minimum Gasteiger partial charge on any atom is -0.382 e. The van der Waals surface area contributed by atoms with Crippen LogP contribution in [0.5, 0.6) is 0 Å². The highest BCUT2D eigenvalue weighted by atomic mass is 16.2. The number of aromatic nitrogens is 2. The predicted octanol–water partition coefficient (Wildman–Crippen LogP) is 1.65. The molecule has 2 aromatic rings. The lowest BCUT2D eigenvalue weighted by Gasteiger charge is -2.16. The van der Waals surface area contributed by atoms with Gasteiger partial charge in [0.2, 0.25) is 5.91 Å². The van der Waals surface area contributed by atoms with E-state index in [4.69, 9.17) is 5.73 Å². The van der Waals surface area contributed by atoms with Gasteiger partial charge in [-0.2, -0.15) is 5.10 Å². The predicted molar refractivity (Wildman–Crippen MR) is 74.4 cm³/mol. The molecule has 0 aliphatic heterocycles. The van der Waals surface area contributed by atoms with E-state index in [2.05, 4.69) is 10.4 Å². The van der Waals surface area contributed by atoms with Gasteiger partial charge in [-0.3, -0.25) is 9.48 Å². The molecule has 0 aliphatic rings. The number of nitrogens with one attached hydrogen (secondary N) is 1. The minimum atomic E-state index is -0.0844. The molecule has 5 nitrogen and oxygen atoms in total. The molecule has 0 saturated carbocycles. The largest absolute Gasteiger partial charge is 0.382 e. The van der Waals surface area contributed by atoms with Crippen LogP contribution in [-0.4, -0.2) is 15.7 Å². The van der Waals surface area contributed by atoms with Crippen molar-refractivity contribution in [3.05, 3.63) is 47.7 Å². The van der Waals surface area contributed by atoms with E-state index in [1.54, 1.807) is 12.3 Å². The zero-order chi connectivity index (χ0) is 13.8. The van der Waals surface area contributed by atoms with Crippen molar-refractivity contribution >= 4 is 11.7 Å². The van der Waals surface area contributed by atoms with Gasteiger partial charge in [-0.1, -0.05) is 24.3 Å². The number of benzene rings is 1. The highest BCUT2D eigenvalue weighted by Crippen LogP contribution is 2.16. The molecule has 19 heavy (non-hydrogen) atoms. The molecule has 1 aromatic heterocycles. The van der Waals surface area contributed by atoms with Crippen LogP contribution in [0.2, 0.25) is 0 Å². The van der Waals surface area contributed by atoms with Crippen LogP contribution in [0, 0.1) is 6.92 Å². The van der Waals surface area contributed by atoms with Crippen LogP contribution in [0.3, 0.4) is 0 Å². The standard InChI is InChI=1S/C14H18N4O/c1-10-5-3-4-6-12(10)11(2)16-14(19)9-18-8-7-13(15)17-18/h3-8,11H,9H2,1-2H3,(H2,15,17)(H,16,19). The molecule has 5 heteroatoms. The molecule has 100 valence electrons. The van der Waals surface area contributed by atoms with Crippen molar-refractivity contribution in [1.29, 1.82) is 0 Å². The molecule has 1 aromatic carbocycles. The molecule has 1 atom stereocenters. The van der Waals surface area contributed by atoms with Crippen molar-refractivity contribution in [3.63, 3.8) is 0 Å². The number of nitrogens with two attached hydrogens (primary N) is 1. The second-order valence-corrected chi connectivity index (χ2v) is 4.58. The van der Waals surface area contributed by atoms with E-state index in [-0.39, 0.29) is 18.5 Å². The summed E-state index contributed by atoms with van der Waals surface area (Å²) in [5, 5.41) is 6.94. The van der Waals surface area contributed by atoms with Crippen LogP contribution < -0.4 is 11.1 Å². The van der Waals surface area contributed by atoms with E-state index in [9.17, 15) is 4.79 Å². The van der Waals surface area contributed by atoms with Gasteiger partial charge in [0.15, 0.2) is 0 Å². The number of nitrogens with zero attached hydrogens (tertiary/aromatic N) is 2. The fraction of sp³-hybridized carbons (Fsp3) is 0.286. The molecule has 0 bridgehead atoms. The zero-order valence-corrected chi connectivity index (χ0v) is 11.1. The average Bonchev–Trinajstić information content (AvgIpc) is 2.74. The van der Waals surface area contributed by atoms with E-state index in [0.29, 0.717) is 5.82 Å². The monoisotopic (exact) mass is 258 g/mol. The maximum Gasteiger partial charge on any atom is 0.242 e. The van der Waals surface area contributed by atoms with Gasteiger partial charge < -0.3 is 11.1 Å². The summed E-state index contributed by atoms with van der Waals surface area (Å²) in [5.41, 5.74) is 7.79. The SMILES string of the molecule is Cc1ccccc1C(C)NC(=O)Cn1ccc(N)n1. The molecule has 0 saturated heterocycles. The number of anilines is 1. The number of amides is 1. The summed E-state index contributed by atoms with van der Waals surface area (Å²) >= 11 is 0. The van der Waals surface area contributed by atoms with Gasteiger partial charge in [0.05, 0.1) is 6.04 Å². The van der Waals surface area contributed by atoms with Gasteiger partial charge in [-0.05, 0) is 31.0 Å². The topological polar surface area (TPSA) is 72.9 Å². The Labute approximate surface area is 112 Å².